The molecule has 0 saturated carbocycles. The molecule has 14 heteroatoms. The first-order valence-electron chi connectivity index (χ1n) is 9.03. The Labute approximate surface area is 174 Å². The monoisotopic (exact) mass is 456 g/mol. The average molecular weight is 456 g/mol. The number of nitrogens with one attached hydrogen (secondary N) is 1. The average Bonchev–Trinajstić information content (AvgIpc) is 2.67. The maximum Gasteiger partial charge on any atom is 0.469 e. The predicted octanol–water partition coefficient (Wildman–Crippen LogP) is -1.61. The highest BCUT2D eigenvalue weighted by Gasteiger charge is 2.29. The Hall–Kier alpha value is -2.51. The largest absolute Gasteiger partial charge is 0.469 e. The van der Waals surface area contributed by atoms with Crippen molar-refractivity contribution < 1.29 is 34.2 Å². The second kappa shape index (κ2) is 8.55. The standard InChI is InChI=1S/C17H21N4O9P/c1-7-3-9-10(4-8(7)2)21(15-13(18-9)16(25)20-17(26)19-15)5-11(22)14(24)12(23)6-30-31(27,28)29/h3-4,11-12,14,22-24H,5-6H2,1-2H3,(H,20,25,26)(H2,27,28,29)/t11?,12-,14+/m1/s1. The van der Waals surface area contributed by atoms with E-state index < -0.39 is 50.5 Å². The highest BCUT2D eigenvalue weighted by molar-refractivity contribution is 7.46. The van der Waals surface area contributed by atoms with Crippen LogP contribution in [0.5, 0.6) is 0 Å². The molecule has 0 radical (unpaired) electrons. The van der Waals surface area contributed by atoms with Crippen LogP contribution in [0.25, 0.3) is 22.6 Å². The van der Waals surface area contributed by atoms with Crippen molar-refractivity contribution in [3.63, 3.8) is 0 Å². The zero-order valence-electron chi connectivity index (χ0n) is 16.5. The molecule has 1 unspecified atom stereocenters. The number of aliphatic hydroxyl groups excluding tert-OH is 3. The summed E-state index contributed by atoms with van der Waals surface area (Å²) >= 11 is 0. The van der Waals surface area contributed by atoms with Gasteiger partial charge >= 0.3 is 13.5 Å². The Morgan fingerprint density at radius 2 is 1.74 bits per heavy atom. The number of aromatic amines is 1. The number of phosphoric ester groups is 1. The molecule has 0 spiro atoms. The highest BCUT2D eigenvalue weighted by atomic mass is 31.2. The van der Waals surface area contributed by atoms with Crippen molar-refractivity contribution in [3.8, 4) is 11.5 Å². The number of hydrogen-bond acceptors (Lipinski definition) is 9. The van der Waals surface area contributed by atoms with Gasteiger partial charge in [-0.2, -0.15) is 4.98 Å². The van der Waals surface area contributed by atoms with Crippen LogP contribution in [0.1, 0.15) is 11.1 Å². The Bertz CT molecular complexity index is 1250. The molecule has 2 aliphatic heterocycles. The van der Waals surface area contributed by atoms with Gasteiger partial charge in [0.25, 0.3) is 5.56 Å². The molecule has 0 saturated heterocycles. The van der Waals surface area contributed by atoms with Crippen LogP contribution in [0, 0.1) is 13.8 Å². The van der Waals surface area contributed by atoms with Gasteiger partial charge in [0.1, 0.15) is 18.3 Å². The zero-order valence-corrected chi connectivity index (χ0v) is 17.4. The molecule has 6 N–H and O–H groups in total. The SMILES string of the molecule is Cc1cc2nc3c(=O)[nH]c(=O)nc-3n(CC(O)[C@H](O)[C@H](O)COP(=O)(O)O)c2cc1C. The lowest BCUT2D eigenvalue weighted by Crippen LogP contribution is -2.42. The summed E-state index contributed by atoms with van der Waals surface area (Å²) in [4.78, 5) is 51.5. The Balaban J connectivity index is 2.06. The first-order chi connectivity index (χ1) is 14.4. The zero-order chi connectivity index (χ0) is 23.1. The molecule has 0 aliphatic carbocycles. The summed E-state index contributed by atoms with van der Waals surface area (Å²) in [6.45, 7) is 2.29. The molecule has 168 valence electrons. The number of H-pyrrole nitrogens is 1. The lowest BCUT2D eigenvalue weighted by Gasteiger charge is -2.25. The maximum absolute atomic E-state index is 12.2. The van der Waals surface area contributed by atoms with Gasteiger partial charge < -0.3 is 29.7 Å². The summed E-state index contributed by atoms with van der Waals surface area (Å²) < 4.78 is 16.2. The summed E-state index contributed by atoms with van der Waals surface area (Å²) in [6, 6.07) is 3.41. The number of hydrogen-bond donors (Lipinski definition) is 6. The number of nitrogens with zero attached hydrogens (tertiary/aromatic N) is 3. The van der Waals surface area contributed by atoms with Crippen molar-refractivity contribution in [2.75, 3.05) is 6.61 Å². The minimum absolute atomic E-state index is 0.142. The van der Waals surface area contributed by atoms with Crippen molar-refractivity contribution in [3.05, 3.63) is 44.1 Å². The van der Waals surface area contributed by atoms with Gasteiger partial charge in [0, 0.05) is 0 Å². The quantitative estimate of drug-likeness (QED) is 0.176. The van der Waals surface area contributed by atoms with Crippen LogP contribution >= 0.6 is 7.82 Å². The van der Waals surface area contributed by atoms with Crippen LogP contribution in [-0.2, 0) is 15.6 Å². The number of aromatic nitrogens is 4. The molecular weight excluding hydrogens is 435 g/mol. The van der Waals surface area contributed by atoms with E-state index in [9.17, 15) is 29.5 Å². The first-order valence-corrected chi connectivity index (χ1v) is 10.6. The third-order valence-corrected chi connectivity index (χ3v) is 5.28. The summed E-state index contributed by atoms with van der Waals surface area (Å²) in [7, 11) is -4.89. The second-order valence-corrected chi connectivity index (χ2v) is 8.34. The van der Waals surface area contributed by atoms with Crippen LogP contribution in [-0.4, -0.2) is 69.5 Å². The van der Waals surface area contributed by atoms with E-state index in [4.69, 9.17) is 9.79 Å². The molecule has 0 amide bonds. The summed E-state index contributed by atoms with van der Waals surface area (Å²) in [5.41, 5.74) is 0.618. The number of aliphatic hydroxyl groups is 3. The smallest absolute Gasteiger partial charge is 0.388 e. The van der Waals surface area contributed by atoms with Gasteiger partial charge in [0.05, 0.1) is 24.2 Å². The maximum atomic E-state index is 12.2. The van der Waals surface area contributed by atoms with Crippen molar-refractivity contribution in [2.24, 2.45) is 0 Å². The topological polar surface area (TPSA) is 208 Å². The van der Waals surface area contributed by atoms with Crippen LogP contribution in [0.15, 0.2) is 21.7 Å². The number of phosphoric acid groups is 1. The lowest BCUT2D eigenvalue weighted by atomic mass is 10.1. The highest BCUT2D eigenvalue weighted by Crippen LogP contribution is 2.36. The molecule has 0 fully saturated rings. The second-order valence-electron chi connectivity index (χ2n) is 7.10. The fourth-order valence-corrected chi connectivity index (χ4v) is 3.41. The molecule has 0 aromatic heterocycles. The van der Waals surface area contributed by atoms with E-state index in [2.05, 4.69) is 14.5 Å². The van der Waals surface area contributed by atoms with E-state index in [0.29, 0.717) is 11.0 Å². The van der Waals surface area contributed by atoms with Gasteiger partial charge in [-0.15, -0.1) is 0 Å². The number of fused-ring (bicyclic) bond motifs is 2. The van der Waals surface area contributed by atoms with E-state index in [1.54, 1.807) is 12.1 Å². The fraction of sp³-hybridized carbons (Fsp3) is 0.412. The minimum atomic E-state index is -4.89. The third-order valence-electron chi connectivity index (χ3n) is 4.80. The van der Waals surface area contributed by atoms with Crippen molar-refractivity contribution >= 4 is 18.9 Å². The summed E-state index contributed by atoms with van der Waals surface area (Å²) in [5, 5.41) is 30.5. The van der Waals surface area contributed by atoms with Crippen molar-refractivity contribution in [2.45, 2.75) is 38.7 Å². The lowest BCUT2D eigenvalue weighted by molar-refractivity contribution is -0.0793. The Morgan fingerprint density at radius 1 is 1.10 bits per heavy atom. The van der Waals surface area contributed by atoms with Crippen molar-refractivity contribution in [1.82, 2.24) is 19.5 Å². The molecular formula is C17H21N4O9P. The minimum Gasteiger partial charge on any atom is -0.388 e. The number of aryl methyl sites for hydroxylation is 2. The molecule has 31 heavy (non-hydrogen) atoms. The summed E-state index contributed by atoms with van der Waals surface area (Å²) in [6.07, 6.45) is -5.40. The number of benzene rings is 1. The molecule has 3 atom stereocenters. The van der Waals surface area contributed by atoms with E-state index in [1.165, 1.54) is 4.57 Å². The molecule has 1 aromatic carbocycles. The van der Waals surface area contributed by atoms with Crippen LogP contribution in [0.2, 0.25) is 0 Å². The molecule has 0 bridgehead atoms. The normalized spacial score (nSPS) is 15.3. The van der Waals surface area contributed by atoms with Gasteiger partial charge in [-0.1, -0.05) is 0 Å². The van der Waals surface area contributed by atoms with E-state index in [-0.39, 0.29) is 11.5 Å². The molecule has 2 aliphatic rings. The Morgan fingerprint density at radius 3 is 2.39 bits per heavy atom. The van der Waals surface area contributed by atoms with E-state index in [1.807, 2.05) is 18.8 Å². The molecule has 2 heterocycles. The fourth-order valence-electron chi connectivity index (χ4n) is 3.06. The molecule has 13 nitrogen and oxygen atoms in total. The predicted molar refractivity (Wildman–Crippen MR) is 107 cm³/mol. The van der Waals surface area contributed by atoms with Gasteiger partial charge in [-0.3, -0.25) is 14.3 Å². The number of rotatable bonds is 7. The molecule has 3 rings (SSSR count). The van der Waals surface area contributed by atoms with Crippen LogP contribution in [0.4, 0.5) is 0 Å². The Kier molecular flexibility index (Phi) is 6.39. The summed E-state index contributed by atoms with van der Waals surface area (Å²) in [5.74, 6) is -0.142. The van der Waals surface area contributed by atoms with Gasteiger partial charge in [0.15, 0.2) is 11.5 Å². The molecule has 1 aromatic rings. The van der Waals surface area contributed by atoms with Crippen LogP contribution in [0.3, 0.4) is 0 Å². The van der Waals surface area contributed by atoms with Gasteiger partial charge in [-0.25, -0.2) is 14.3 Å². The van der Waals surface area contributed by atoms with Gasteiger partial charge in [0.2, 0.25) is 0 Å². The van der Waals surface area contributed by atoms with E-state index in [0.717, 1.165) is 11.1 Å². The first kappa shape index (κ1) is 23.2. The van der Waals surface area contributed by atoms with Crippen LogP contribution < -0.4 is 11.2 Å². The van der Waals surface area contributed by atoms with Gasteiger partial charge in [-0.05, 0) is 37.1 Å². The van der Waals surface area contributed by atoms with E-state index >= 15 is 0 Å². The van der Waals surface area contributed by atoms with Crippen molar-refractivity contribution in [1.29, 1.82) is 0 Å². The third kappa shape index (κ3) is 5.05.